The van der Waals surface area contributed by atoms with Crippen molar-refractivity contribution in [2.75, 3.05) is 0 Å². The molecule has 0 aromatic carbocycles. The number of nitrogens with two attached hydrogens (primary N) is 1. The second-order valence-electron chi connectivity index (χ2n) is 8.26. The van der Waals surface area contributed by atoms with Crippen molar-refractivity contribution >= 4 is 5.91 Å². The molecule has 0 atom stereocenters. The Morgan fingerprint density at radius 3 is 1.68 bits per heavy atom. The molecular weight excluding hydrogens is 348 g/mol. The maximum absolute atomic E-state index is 12.5. The van der Waals surface area contributed by atoms with E-state index in [0.29, 0.717) is 12.1 Å². The monoisotopic (exact) mass is 390 g/mol. The highest BCUT2D eigenvalue weighted by atomic mass is 16.2. The highest BCUT2D eigenvalue weighted by molar-refractivity contribution is 5.93. The number of aromatic nitrogens is 1. The summed E-state index contributed by atoms with van der Waals surface area (Å²) in [6.07, 6.45) is 18.4. The molecule has 0 saturated heterocycles. The van der Waals surface area contributed by atoms with Gasteiger partial charge in [0.25, 0.3) is 11.5 Å². The van der Waals surface area contributed by atoms with E-state index in [-0.39, 0.29) is 11.1 Å². The van der Waals surface area contributed by atoms with Gasteiger partial charge in [0.05, 0.1) is 0 Å². The molecule has 4 nitrogen and oxygen atoms in total. The van der Waals surface area contributed by atoms with E-state index in [1.807, 2.05) is 13.0 Å². The topological polar surface area (TPSA) is 65.1 Å². The maximum Gasteiger partial charge on any atom is 0.263 e. The second kappa shape index (κ2) is 14.4. The van der Waals surface area contributed by atoms with Crippen LogP contribution in [0.1, 0.15) is 118 Å². The normalized spacial score (nSPS) is 11.1. The average molecular weight is 391 g/mol. The van der Waals surface area contributed by atoms with Gasteiger partial charge in [-0.3, -0.25) is 9.59 Å². The van der Waals surface area contributed by atoms with E-state index in [2.05, 4.69) is 6.92 Å². The number of carbonyl (C=O) groups excluding carboxylic acids is 1. The van der Waals surface area contributed by atoms with Crippen LogP contribution in [0.15, 0.2) is 10.9 Å². The quantitative estimate of drug-likeness (QED) is 0.349. The summed E-state index contributed by atoms with van der Waals surface area (Å²) in [5.74, 6) is -0.628. The Balaban J connectivity index is 2.12. The lowest BCUT2D eigenvalue weighted by molar-refractivity contribution is 0.0997. The molecule has 2 N–H and O–H groups in total. The number of pyridine rings is 1. The van der Waals surface area contributed by atoms with Crippen LogP contribution < -0.4 is 11.3 Å². The van der Waals surface area contributed by atoms with Gasteiger partial charge in [0.1, 0.15) is 5.56 Å². The predicted molar refractivity (Wildman–Crippen MR) is 119 cm³/mol. The van der Waals surface area contributed by atoms with E-state index >= 15 is 0 Å². The maximum atomic E-state index is 12.5. The summed E-state index contributed by atoms with van der Waals surface area (Å²) < 4.78 is 1.70. The lowest BCUT2D eigenvalue weighted by Crippen LogP contribution is -2.32. The molecule has 0 radical (unpaired) electrons. The largest absolute Gasteiger partial charge is 0.365 e. The van der Waals surface area contributed by atoms with E-state index < -0.39 is 5.91 Å². The third-order valence-electron chi connectivity index (χ3n) is 5.69. The number of unbranched alkanes of at least 4 members (excludes halogenated alkanes) is 13. The standard InChI is InChI=1S/C24H42N2O2/c1-4-5-6-7-8-9-10-11-12-13-14-15-16-17-18-26-21(3)19-20(2)22(23(25)27)24(26)28/h19H,4-18H2,1-3H3,(H2,25,27). The molecule has 0 fully saturated rings. The summed E-state index contributed by atoms with van der Waals surface area (Å²) in [6, 6.07) is 1.88. The first-order chi connectivity index (χ1) is 13.5. The van der Waals surface area contributed by atoms with Crippen LogP contribution in [-0.2, 0) is 6.54 Å². The van der Waals surface area contributed by atoms with Crippen LogP contribution in [0.5, 0.6) is 0 Å². The minimum Gasteiger partial charge on any atom is -0.365 e. The van der Waals surface area contributed by atoms with Crippen molar-refractivity contribution in [2.24, 2.45) is 5.73 Å². The highest BCUT2D eigenvalue weighted by Crippen LogP contribution is 2.13. The number of nitrogens with zero attached hydrogens (tertiary/aromatic N) is 1. The van der Waals surface area contributed by atoms with Crippen molar-refractivity contribution in [1.29, 1.82) is 0 Å². The summed E-state index contributed by atoms with van der Waals surface area (Å²) >= 11 is 0. The lowest BCUT2D eigenvalue weighted by Gasteiger charge is -2.13. The van der Waals surface area contributed by atoms with Crippen LogP contribution in [0.2, 0.25) is 0 Å². The van der Waals surface area contributed by atoms with Crippen molar-refractivity contribution in [3.8, 4) is 0 Å². The van der Waals surface area contributed by atoms with Crippen molar-refractivity contribution in [2.45, 2.75) is 117 Å². The summed E-state index contributed by atoms with van der Waals surface area (Å²) in [7, 11) is 0. The van der Waals surface area contributed by atoms with Gasteiger partial charge in [-0.25, -0.2) is 0 Å². The number of aryl methyl sites for hydroxylation is 2. The van der Waals surface area contributed by atoms with E-state index in [0.717, 1.165) is 18.5 Å². The van der Waals surface area contributed by atoms with Crippen LogP contribution >= 0.6 is 0 Å². The van der Waals surface area contributed by atoms with Crippen LogP contribution in [0.4, 0.5) is 0 Å². The third kappa shape index (κ3) is 9.07. The SMILES string of the molecule is CCCCCCCCCCCCCCCCn1c(C)cc(C)c(C(N)=O)c1=O. The summed E-state index contributed by atoms with van der Waals surface area (Å²) in [5, 5.41) is 0. The second-order valence-corrected chi connectivity index (χ2v) is 8.26. The predicted octanol–water partition coefficient (Wildman–Crippen LogP) is 6.05. The number of carbonyl (C=O) groups is 1. The van der Waals surface area contributed by atoms with E-state index in [4.69, 9.17) is 5.73 Å². The molecule has 0 aliphatic heterocycles. The number of hydrogen-bond donors (Lipinski definition) is 1. The average Bonchev–Trinajstić information content (AvgIpc) is 2.63. The summed E-state index contributed by atoms with van der Waals surface area (Å²) in [6.45, 7) is 6.63. The molecule has 0 saturated carbocycles. The number of amides is 1. The zero-order valence-electron chi connectivity index (χ0n) is 18.5. The van der Waals surface area contributed by atoms with Crippen molar-refractivity contribution in [3.63, 3.8) is 0 Å². The van der Waals surface area contributed by atoms with Crippen LogP contribution in [0, 0.1) is 13.8 Å². The van der Waals surface area contributed by atoms with Gasteiger partial charge in [0.2, 0.25) is 0 Å². The Labute approximate surface area is 171 Å². The molecule has 0 bridgehead atoms. The molecule has 1 heterocycles. The van der Waals surface area contributed by atoms with E-state index in [1.54, 1.807) is 11.5 Å². The van der Waals surface area contributed by atoms with E-state index in [9.17, 15) is 9.59 Å². The third-order valence-corrected chi connectivity index (χ3v) is 5.69. The minimum absolute atomic E-state index is 0.135. The van der Waals surface area contributed by atoms with Gasteiger partial charge in [0.15, 0.2) is 0 Å². The molecule has 0 aliphatic rings. The summed E-state index contributed by atoms with van der Waals surface area (Å²) in [4.78, 5) is 24.0. The zero-order valence-corrected chi connectivity index (χ0v) is 18.5. The number of rotatable bonds is 16. The molecule has 0 unspecified atom stereocenters. The molecule has 0 aliphatic carbocycles. The molecule has 28 heavy (non-hydrogen) atoms. The first-order valence-electron chi connectivity index (χ1n) is 11.5. The fraction of sp³-hybridized carbons (Fsp3) is 0.750. The van der Waals surface area contributed by atoms with Crippen molar-refractivity contribution in [3.05, 3.63) is 33.2 Å². The van der Waals surface area contributed by atoms with Gasteiger partial charge in [-0.05, 0) is 31.9 Å². The number of primary amides is 1. The van der Waals surface area contributed by atoms with Crippen molar-refractivity contribution in [1.82, 2.24) is 4.57 Å². The van der Waals surface area contributed by atoms with E-state index in [1.165, 1.54) is 77.0 Å². The molecule has 1 rings (SSSR count). The van der Waals surface area contributed by atoms with Crippen LogP contribution in [0.3, 0.4) is 0 Å². The van der Waals surface area contributed by atoms with Gasteiger partial charge >= 0.3 is 0 Å². The van der Waals surface area contributed by atoms with Gasteiger partial charge in [0, 0.05) is 12.2 Å². The molecule has 1 aromatic heterocycles. The van der Waals surface area contributed by atoms with Gasteiger partial charge < -0.3 is 10.3 Å². The lowest BCUT2D eigenvalue weighted by atomic mass is 10.0. The Bertz CT molecular complexity index is 634. The fourth-order valence-electron chi connectivity index (χ4n) is 3.97. The first-order valence-corrected chi connectivity index (χ1v) is 11.5. The van der Waals surface area contributed by atoms with Crippen LogP contribution in [-0.4, -0.2) is 10.5 Å². The minimum atomic E-state index is -0.628. The molecular formula is C24H42N2O2. The molecule has 4 heteroatoms. The molecule has 0 spiro atoms. The number of hydrogen-bond acceptors (Lipinski definition) is 2. The first kappa shape index (κ1) is 24.5. The molecule has 1 amide bonds. The smallest absolute Gasteiger partial charge is 0.263 e. The Kier molecular flexibility index (Phi) is 12.6. The van der Waals surface area contributed by atoms with Gasteiger partial charge in [-0.15, -0.1) is 0 Å². The molecule has 1 aromatic rings. The summed E-state index contributed by atoms with van der Waals surface area (Å²) in [5.41, 5.74) is 6.84. The molecule has 160 valence electrons. The van der Waals surface area contributed by atoms with Crippen LogP contribution in [0.25, 0.3) is 0 Å². The zero-order chi connectivity index (χ0) is 20.8. The van der Waals surface area contributed by atoms with Gasteiger partial charge in [-0.1, -0.05) is 90.4 Å². The Hall–Kier alpha value is -1.58. The van der Waals surface area contributed by atoms with Crippen molar-refractivity contribution < 1.29 is 4.79 Å². The Morgan fingerprint density at radius 1 is 0.821 bits per heavy atom. The van der Waals surface area contributed by atoms with Gasteiger partial charge in [-0.2, -0.15) is 0 Å². The fourth-order valence-corrected chi connectivity index (χ4v) is 3.97. The Morgan fingerprint density at radius 2 is 1.25 bits per heavy atom. The highest BCUT2D eigenvalue weighted by Gasteiger charge is 2.14.